The van der Waals surface area contributed by atoms with Gasteiger partial charge in [0, 0.05) is 52.4 Å². The van der Waals surface area contributed by atoms with E-state index in [1.807, 2.05) is 36.7 Å². The number of rotatable bonds is 4. The number of para-hydroxylation sites is 1. The highest BCUT2D eigenvalue weighted by Crippen LogP contribution is 2.39. The van der Waals surface area contributed by atoms with E-state index in [2.05, 4.69) is 118 Å². The van der Waals surface area contributed by atoms with Crippen molar-refractivity contribution in [1.82, 2.24) is 14.5 Å². The number of pyridine rings is 2. The lowest BCUT2D eigenvalue weighted by Gasteiger charge is -2.15. The molecule has 0 atom stereocenters. The topological polar surface area (TPSA) is 63.7 Å². The Morgan fingerprint density at radius 2 is 1.25 bits per heavy atom. The molecule has 3 aromatic heterocycles. The molecule has 0 amide bonds. The molecule has 5 nitrogen and oxygen atoms in total. The minimum Gasteiger partial charge on any atom is -0.372 e. The number of nitrogens with zero attached hydrogens (tertiary/aromatic N) is 4. The van der Waals surface area contributed by atoms with Gasteiger partial charge in [0.15, 0.2) is 0 Å². The van der Waals surface area contributed by atoms with E-state index < -0.39 is 0 Å². The third-order valence-electron chi connectivity index (χ3n) is 9.32. The SMILES string of the molecule is N#Cc1ccc2c(c1)c1ccccc1n2-c1ccc2c(c1)-c1ccc(-c3cc(-c4cccnc4)cc(-c4cccnc4)c3)cc1COC2. The van der Waals surface area contributed by atoms with Gasteiger partial charge in [0.25, 0.3) is 0 Å². The van der Waals surface area contributed by atoms with Gasteiger partial charge in [-0.15, -0.1) is 0 Å². The summed E-state index contributed by atoms with van der Waals surface area (Å²) in [5.74, 6) is 0. The maximum atomic E-state index is 9.60. The van der Waals surface area contributed by atoms with Crippen LogP contribution in [-0.2, 0) is 18.0 Å². The molecule has 0 bridgehead atoms. The highest BCUT2D eigenvalue weighted by Gasteiger charge is 2.19. The Hall–Kier alpha value is -6.35. The van der Waals surface area contributed by atoms with Crippen molar-refractivity contribution < 1.29 is 4.74 Å². The van der Waals surface area contributed by atoms with E-state index in [4.69, 9.17) is 4.74 Å². The molecule has 226 valence electrons. The first kappa shape index (κ1) is 27.9. The minimum absolute atomic E-state index is 0.525. The van der Waals surface area contributed by atoms with E-state index >= 15 is 0 Å². The summed E-state index contributed by atoms with van der Waals surface area (Å²) in [6, 6.07) is 44.9. The monoisotopic (exact) mass is 616 g/mol. The van der Waals surface area contributed by atoms with E-state index in [9.17, 15) is 5.26 Å². The molecule has 9 rings (SSSR count). The van der Waals surface area contributed by atoms with Crippen LogP contribution in [0.4, 0.5) is 0 Å². The van der Waals surface area contributed by atoms with Gasteiger partial charge in [-0.1, -0.05) is 48.5 Å². The number of benzene rings is 5. The maximum Gasteiger partial charge on any atom is 0.0991 e. The zero-order chi connectivity index (χ0) is 32.0. The minimum atomic E-state index is 0.525. The van der Waals surface area contributed by atoms with Gasteiger partial charge >= 0.3 is 0 Å². The van der Waals surface area contributed by atoms with Crippen LogP contribution >= 0.6 is 0 Å². The molecule has 0 unspecified atom stereocenters. The van der Waals surface area contributed by atoms with Crippen LogP contribution in [-0.4, -0.2) is 14.5 Å². The summed E-state index contributed by atoms with van der Waals surface area (Å²) in [5, 5.41) is 11.8. The molecule has 0 radical (unpaired) electrons. The van der Waals surface area contributed by atoms with Gasteiger partial charge in [0.2, 0.25) is 0 Å². The average molecular weight is 617 g/mol. The van der Waals surface area contributed by atoms with Crippen molar-refractivity contribution in [2.24, 2.45) is 0 Å². The molecule has 8 aromatic rings. The summed E-state index contributed by atoms with van der Waals surface area (Å²) in [7, 11) is 0. The average Bonchev–Trinajstić information content (AvgIpc) is 3.37. The highest BCUT2D eigenvalue weighted by atomic mass is 16.5. The Labute approximate surface area is 278 Å². The summed E-state index contributed by atoms with van der Waals surface area (Å²) in [4.78, 5) is 8.76. The van der Waals surface area contributed by atoms with Crippen molar-refractivity contribution >= 4 is 21.8 Å². The Balaban J connectivity index is 1.18. The van der Waals surface area contributed by atoms with Crippen molar-refractivity contribution in [2.45, 2.75) is 13.2 Å². The van der Waals surface area contributed by atoms with Crippen molar-refractivity contribution in [3.63, 3.8) is 0 Å². The summed E-state index contributed by atoms with van der Waals surface area (Å²) >= 11 is 0. The molecule has 0 saturated heterocycles. The number of fused-ring (bicyclic) bond motifs is 6. The molecule has 48 heavy (non-hydrogen) atoms. The summed E-state index contributed by atoms with van der Waals surface area (Å²) < 4.78 is 8.57. The normalized spacial score (nSPS) is 12.3. The summed E-state index contributed by atoms with van der Waals surface area (Å²) in [5.41, 5.74) is 15.2. The van der Waals surface area contributed by atoms with Gasteiger partial charge in [-0.2, -0.15) is 5.26 Å². The maximum absolute atomic E-state index is 9.60. The molecular weight excluding hydrogens is 589 g/mol. The van der Waals surface area contributed by atoms with Gasteiger partial charge in [-0.25, -0.2) is 0 Å². The lowest BCUT2D eigenvalue weighted by atomic mass is 9.90. The summed E-state index contributed by atoms with van der Waals surface area (Å²) in [6.07, 6.45) is 7.42. The van der Waals surface area contributed by atoms with Gasteiger partial charge in [-0.05, 0) is 117 Å². The van der Waals surface area contributed by atoms with Crippen molar-refractivity contribution in [3.05, 3.63) is 163 Å². The first-order chi connectivity index (χ1) is 23.7. The molecule has 5 aromatic carbocycles. The Morgan fingerprint density at radius 3 is 1.98 bits per heavy atom. The quantitative estimate of drug-likeness (QED) is 0.197. The fraction of sp³-hybridized carbons (Fsp3) is 0.0465. The largest absolute Gasteiger partial charge is 0.372 e. The molecule has 0 aliphatic carbocycles. The van der Waals surface area contributed by atoms with E-state index in [1.54, 1.807) is 12.4 Å². The van der Waals surface area contributed by atoms with Crippen molar-refractivity contribution in [3.8, 4) is 56.3 Å². The smallest absolute Gasteiger partial charge is 0.0991 e. The fourth-order valence-electron chi connectivity index (χ4n) is 7.02. The van der Waals surface area contributed by atoms with E-state index in [0.717, 1.165) is 72.0 Å². The second-order valence-electron chi connectivity index (χ2n) is 12.2. The van der Waals surface area contributed by atoms with Gasteiger partial charge in [-0.3, -0.25) is 9.97 Å². The van der Waals surface area contributed by atoms with Gasteiger partial charge in [0.05, 0.1) is 35.9 Å². The third kappa shape index (κ3) is 4.75. The number of nitriles is 1. The Morgan fingerprint density at radius 1 is 0.542 bits per heavy atom. The third-order valence-corrected chi connectivity index (χ3v) is 9.32. The van der Waals surface area contributed by atoms with Crippen LogP contribution in [0.3, 0.4) is 0 Å². The molecular formula is C43H28N4O. The predicted octanol–water partition coefficient (Wildman–Crippen LogP) is 10.1. The zero-order valence-corrected chi connectivity index (χ0v) is 26.0. The van der Waals surface area contributed by atoms with Crippen LogP contribution < -0.4 is 0 Å². The first-order valence-corrected chi connectivity index (χ1v) is 16.0. The molecule has 0 fully saturated rings. The number of hydrogen-bond donors (Lipinski definition) is 0. The molecule has 0 N–H and O–H groups in total. The number of hydrogen-bond acceptors (Lipinski definition) is 4. The second kappa shape index (κ2) is 11.5. The first-order valence-electron chi connectivity index (χ1n) is 16.0. The molecule has 4 heterocycles. The number of aromatic nitrogens is 3. The van der Waals surface area contributed by atoms with E-state index in [0.29, 0.717) is 18.8 Å². The van der Waals surface area contributed by atoms with Crippen LogP contribution in [0.5, 0.6) is 0 Å². The molecule has 0 spiro atoms. The van der Waals surface area contributed by atoms with Crippen molar-refractivity contribution in [2.75, 3.05) is 0 Å². The Kier molecular flexibility index (Phi) is 6.67. The van der Waals surface area contributed by atoms with E-state index in [-0.39, 0.29) is 0 Å². The van der Waals surface area contributed by atoms with E-state index in [1.165, 1.54) is 11.1 Å². The highest BCUT2D eigenvalue weighted by molar-refractivity contribution is 6.09. The molecule has 0 saturated carbocycles. The molecule has 1 aliphatic rings. The predicted molar refractivity (Wildman–Crippen MR) is 191 cm³/mol. The van der Waals surface area contributed by atoms with Crippen LogP contribution in [0.1, 0.15) is 16.7 Å². The second-order valence-corrected chi connectivity index (χ2v) is 12.2. The lowest BCUT2D eigenvalue weighted by Crippen LogP contribution is -1.97. The van der Waals surface area contributed by atoms with Crippen LogP contribution in [0.15, 0.2) is 146 Å². The Bertz CT molecular complexity index is 2490. The summed E-state index contributed by atoms with van der Waals surface area (Å²) in [6.45, 7) is 1.07. The lowest BCUT2D eigenvalue weighted by molar-refractivity contribution is 0.110. The van der Waals surface area contributed by atoms with Crippen LogP contribution in [0, 0.1) is 11.3 Å². The van der Waals surface area contributed by atoms with Crippen LogP contribution in [0.2, 0.25) is 0 Å². The fourth-order valence-corrected chi connectivity index (χ4v) is 7.02. The van der Waals surface area contributed by atoms with Gasteiger partial charge < -0.3 is 9.30 Å². The van der Waals surface area contributed by atoms with Gasteiger partial charge in [0.1, 0.15) is 0 Å². The zero-order valence-electron chi connectivity index (χ0n) is 26.0. The number of ether oxygens (including phenoxy) is 1. The van der Waals surface area contributed by atoms with Crippen LogP contribution in [0.25, 0.3) is 72.0 Å². The molecule has 1 aliphatic heterocycles. The molecule has 5 heteroatoms. The van der Waals surface area contributed by atoms with Crippen molar-refractivity contribution in [1.29, 1.82) is 5.26 Å². The standard InChI is InChI=1S/C43H28N4O/c44-23-28-9-14-43-41(17-28)39-7-1-2-8-42(39)47(43)37-12-10-32-26-48-27-36-18-29(11-13-38(36)40(32)22-37)33-19-34(30-5-3-15-45-24-30)21-35(20-33)31-6-4-16-46-25-31/h1-22,24-25H,26-27H2.